The van der Waals surface area contributed by atoms with Crippen molar-refractivity contribution in [3.8, 4) is 45.0 Å². The molecule has 0 unspecified atom stereocenters. The van der Waals surface area contributed by atoms with E-state index in [-0.39, 0.29) is 0 Å². The number of pyridine rings is 1. The van der Waals surface area contributed by atoms with Crippen LogP contribution in [-0.2, 0) is 0 Å². The fraction of sp³-hybridized carbons (Fsp3) is 0. The van der Waals surface area contributed by atoms with Crippen LogP contribution in [0, 0.1) is 0 Å². The molecule has 31 heavy (non-hydrogen) atoms. The molecule has 0 bridgehead atoms. The van der Waals surface area contributed by atoms with Crippen molar-refractivity contribution in [2.75, 3.05) is 0 Å². The zero-order valence-electron chi connectivity index (χ0n) is 17.0. The Morgan fingerprint density at radius 1 is 0.419 bits per heavy atom. The van der Waals surface area contributed by atoms with Crippen LogP contribution in [0.5, 0.6) is 11.5 Å². The van der Waals surface area contributed by atoms with Gasteiger partial charge in [-0.25, -0.2) is 0 Å². The van der Waals surface area contributed by atoms with Crippen molar-refractivity contribution in [2.45, 2.75) is 0 Å². The molecule has 0 saturated heterocycles. The summed E-state index contributed by atoms with van der Waals surface area (Å²) in [6, 6.07) is 41.1. The van der Waals surface area contributed by atoms with Gasteiger partial charge >= 0.3 is 0 Å². The Labute approximate surface area is 182 Å². The molecule has 2 nitrogen and oxygen atoms in total. The van der Waals surface area contributed by atoms with E-state index in [2.05, 4.69) is 71.7 Å². The van der Waals surface area contributed by atoms with Gasteiger partial charge in [-0.15, -0.1) is 0 Å². The van der Waals surface area contributed by atoms with E-state index in [4.69, 9.17) is 4.74 Å². The van der Waals surface area contributed by atoms with Crippen molar-refractivity contribution in [1.29, 1.82) is 0 Å². The summed E-state index contributed by atoms with van der Waals surface area (Å²) in [6.45, 7) is 0. The number of hydrogen-bond donors (Lipinski definition) is 0. The molecule has 0 radical (unpaired) electrons. The standard InChI is InChI=1S/C29H21NO/c1-3-10-22(11-4-1)25-18-26(23-12-5-2-6-13-23)21-28(20-25)31-27-15-9-14-24(19-27)29-16-7-8-17-30-29/h1-21H. The SMILES string of the molecule is c1ccc(-c2cc(Oc3cccc(-c4ccccn4)c3)cc(-c3ccccc3)c2)cc1. The molecule has 1 aromatic heterocycles. The van der Waals surface area contributed by atoms with Crippen molar-refractivity contribution in [3.05, 3.63) is 128 Å². The molecule has 0 aliphatic rings. The topological polar surface area (TPSA) is 22.1 Å². The van der Waals surface area contributed by atoms with E-state index >= 15 is 0 Å². The zero-order valence-corrected chi connectivity index (χ0v) is 17.0. The molecule has 2 heteroatoms. The molecule has 1 heterocycles. The third-order valence-electron chi connectivity index (χ3n) is 5.15. The first-order chi connectivity index (χ1) is 15.3. The summed E-state index contributed by atoms with van der Waals surface area (Å²) >= 11 is 0. The van der Waals surface area contributed by atoms with E-state index in [1.165, 1.54) is 0 Å². The molecule has 5 aromatic rings. The van der Waals surface area contributed by atoms with E-state index < -0.39 is 0 Å². The van der Waals surface area contributed by atoms with E-state index in [0.717, 1.165) is 45.0 Å². The number of ether oxygens (including phenoxy) is 1. The van der Waals surface area contributed by atoms with Gasteiger partial charge in [0.2, 0.25) is 0 Å². The number of hydrogen-bond acceptors (Lipinski definition) is 2. The molecule has 0 aliphatic heterocycles. The monoisotopic (exact) mass is 399 g/mol. The molecule has 0 N–H and O–H groups in total. The minimum atomic E-state index is 0.785. The van der Waals surface area contributed by atoms with Gasteiger partial charge in [0.25, 0.3) is 0 Å². The first-order valence-corrected chi connectivity index (χ1v) is 10.3. The van der Waals surface area contributed by atoms with Crippen LogP contribution in [0.25, 0.3) is 33.5 Å². The molecule has 5 rings (SSSR count). The summed E-state index contributed by atoms with van der Waals surface area (Å²) in [4.78, 5) is 4.45. The number of aromatic nitrogens is 1. The fourth-order valence-electron chi connectivity index (χ4n) is 3.64. The van der Waals surface area contributed by atoms with Crippen molar-refractivity contribution in [3.63, 3.8) is 0 Å². The number of nitrogens with zero attached hydrogens (tertiary/aromatic N) is 1. The Hall–Kier alpha value is -4.17. The number of benzene rings is 4. The predicted octanol–water partition coefficient (Wildman–Crippen LogP) is 7.87. The normalized spacial score (nSPS) is 10.6. The first-order valence-electron chi connectivity index (χ1n) is 10.3. The third kappa shape index (κ3) is 4.39. The molecule has 0 aliphatic carbocycles. The van der Waals surface area contributed by atoms with Crippen LogP contribution in [0.15, 0.2) is 128 Å². The van der Waals surface area contributed by atoms with Gasteiger partial charge in [0, 0.05) is 11.8 Å². The van der Waals surface area contributed by atoms with Crippen LogP contribution in [0.3, 0.4) is 0 Å². The summed E-state index contributed by atoms with van der Waals surface area (Å²) in [6.07, 6.45) is 1.80. The zero-order chi connectivity index (χ0) is 20.9. The molecule has 0 spiro atoms. The van der Waals surface area contributed by atoms with Gasteiger partial charge < -0.3 is 4.74 Å². The van der Waals surface area contributed by atoms with Crippen LogP contribution >= 0.6 is 0 Å². The average Bonchev–Trinajstić information content (AvgIpc) is 2.86. The lowest BCUT2D eigenvalue weighted by Crippen LogP contribution is -1.89. The maximum atomic E-state index is 6.34. The molecular formula is C29H21NO. The number of rotatable bonds is 5. The van der Waals surface area contributed by atoms with Crippen LogP contribution in [-0.4, -0.2) is 4.98 Å². The Balaban J connectivity index is 1.55. The summed E-state index contributed by atoms with van der Waals surface area (Å²) < 4.78 is 6.34. The van der Waals surface area contributed by atoms with E-state index in [0.29, 0.717) is 0 Å². The van der Waals surface area contributed by atoms with Crippen molar-refractivity contribution in [2.24, 2.45) is 0 Å². The fourth-order valence-corrected chi connectivity index (χ4v) is 3.64. The summed E-state index contributed by atoms with van der Waals surface area (Å²) in [5.41, 5.74) is 6.52. The summed E-state index contributed by atoms with van der Waals surface area (Å²) in [7, 11) is 0. The van der Waals surface area contributed by atoms with Gasteiger partial charge in [0.05, 0.1) is 5.69 Å². The Morgan fingerprint density at radius 2 is 1.00 bits per heavy atom. The van der Waals surface area contributed by atoms with E-state index in [1.54, 1.807) is 6.20 Å². The highest BCUT2D eigenvalue weighted by Crippen LogP contribution is 2.34. The second-order valence-electron chi connectivity index (χ2n) is 7.32. The lowest BCUT2D eigenvalue weighted by molar-refractivity contribution is 0.483. The molecular weight excluding hydrogens is 378 g/mol. The molecule has 0 amide bonds. The second-order valence-corrected chi connectivity index (χ2v) is 7.32. The highest BCUT2D eigenvalue weighted by atomic mass is 16.5. The van der Waals surface area contributed by atoms with Gasteiger partial charge in [0.15, 0.2) is 0 Å². The second kappa shape index (κ2) is 8.68. The highest BCUT2D eigenvalue weighted by Gasteiger charge is 2.08. The average molecular weight is 399 g/mol. The van der Waals surface area contributed by atoms with Crippen molar-refractivity contribution >= 4 is 0 Å². The van der Waals surface area contributed by atoms with Gasteiger partial charge in [-0.1, -0.05) is 78.9 Å². The van der Waals surface area contributed by atoms with Crippen molar-refractivity contribution < 1.29 is 4.74 Å². The smallest absolute Gasteiger partial charge is 0.128 e. The molecule has 0 fully saturated rings. The molecule has 148 valence electrons. The molecule has 4 aromatic carbocycles. The minimum absolute atomic E-state index is 0.785. The van der Waals surface area contributed by atoms with Gasteiger partial charge in [0.1, 0.15) is 11.5 Å². The third-order valence-corrected chi connectivity index (χ3v) is 5.15. The Morgan fingerprint density at radius 3 is 1.61 bits per heavy atom. The van der Waals surface area contributed by atoms with Crippen LogP contribution in [0.2, 0.25) is 0 Å². The summed E-state index contributed by atoms with van der Waals surface area (Å²) in [5, 5.41) is 0. The Kier molecular flexibility index (Phi) is 5.27. The van der Waals surface area contributed by atoms with E-state index in [1.807, 2.05) is 54.6 Å². The maximum Gasteiger partial charge on any atom is 0.128 e. The lowest BCUT2D eigenvalue weighted by atomic mass is 9.98. The summed E-state index contributed by atoms with van der Waals surface area (Å²) in [5.74, 6) is 1.59. The van der Waals surface area contributed by atoms with Crippen LogP contribution in [0.4, 0.5) is 0 Å². The first kappa shape index (κ1) is 18.8. The van der Waals surface area contributed by atoms with Gasteiger partial charge in [-0.3, -0.25) is 4.98 Å². The highest BCUT2D eigenvalue weighted by molar-refractivity contribution is 5.75. The predicted molar refractivity (Wildman–Crippen MR) is 127 cm³/mol. The van der Waals surface area contributed by atoms with Crippen molar-refractivity contribution in [1.82, 2.24) is 4.98 Å². The minimum Gasteiger partial charge on any atom is -0.457 e. The van der Waals surface area contributed by atoms with Gasteiger partial charge in [-0.2, -0.15) is 0 Å². The largest absolute Gasteiger partial charge is 0.457 e. The lowest BCUT2D eigenvalue weighted by Gasteiger charge is -2.13. The Bertz CT molecular complexity index is 1220. The maximum absolute atomic E-state index is 6.34. The van der Waals surface area contributed by atoms with Gasteiger partial charge in [-0.05, 0) is 64.7 Å². The van der Waals surface area contributed by atoms with E-state index in [9.17, 15) is 0 Å². The molecule has 0 atom stereocenters. The quantitative estimate of drug-likeness (QED) is 0.300. The van der Waals surface area contributed by atoms with Crippen LogP contribution in [0.1, 0.15) is 0 Å². The van der Waals surface area contributed by atoms with Crippen LogP contribution < -0.4 is 4.74 Å². The molecule has 0 saturated carbocycles.